The maximum Gasteiger partial charge on any atom is 0.223 e. The average molecular weight is 238 g/mol. The topological polar surface area (TPSA) is 55.1 Å². The molecule has 3 nitrogen and oxygen atoms in total. The summed E-state index contributed by atoms with van der Waals surface area (Å²) in [6, 6.07) is 0.186. The predicted octanol–water partition coefficient (Wildman–Crippen LogP) is 2.06. The van der Waals surface area contributed by atoms with Crippen LogP contribution < -0.4 is 11.1 Å². The Morgan fingerprint density at radius 3 is 2.41 bits per heavy atom. The van der Waals surface area contributed by atoms with Crippen LogP contribution in [-0.4, -0.2) is 18.5 Å². The second-order valence-corrected chi connectivity index (χ2v) is 5.87. The summed E-state index contributed by atoms with van der Waals surface area (Å²) in [7, 11) is 0. The van der Waals surface area contributed by atoms with E-state index in [2.05, 4.69) is 12.2 Å². The van der Waals surface area contributed by atoms with Gasteiger partial charge in [-0.15, -0.1) is 0 Å². The zero-order valence-corrected chi connectivity index (χ0v) is 11.0. The van der Waals surface area contributed by atoms with Gasteiger partial charge in [0.15, 0.2) is 0 Å². The number of hydrogen-bond donors (Lipinski definition) is 2. The van der Waals surface area contributed by atoms with Crippen LogP contribution in [0.1, 0.15) is 51.9 Å². The molecule has 0 aromatic carbocycles. The van der Waals surface area contributed by atoms with E-state index in [4.69, 9.17) is 5.73 Å². The Labute approximate surface area is 105 Å². The number of nitrogens with two attached hydrogens (primary N) is 1. The first kappa shape index (κ1) is 12.9. The first-order chi connectivity index (χ1) is 8.20. The second kappa shape index (κ2) is 5.85. The molecule has 0 radical (unpaired) electrons. The maximum atomic E-state index is 12.0. The molecule has 3 N–H and O–H groups in total. The molecule has 0 heterocycles. The average Bonchev–Trinajstić information content (AvgIpc) is 3.20. The number of carbonyl (C=O) groups is 1. The van der Waals surface area contributed by atoms with Crippen LogP contribution in [0.25, 0.3) is 0 Å². The summed E-state index contributed by atoms with van der Waals surface area (Å²) in [5.41, 5.74) is 5.99. The summed E-state index contributed by atoms with van der Waals surface area (Å²) in [4.78, 5) is 12.0. The minimum atomic E-state index is 0.186. The van der Waals surface area contributed by atoms with E-state index in [1.54, 1.807) is 0 Å². The number of hydrogen-bond acceptors (Lipinski definition) is 2. The van der Waals surface area contributed by atoms with Crippen molar-refractivity contribution in [1.29, 1.82) is 0 Å². The Morgan fingerprint density at radius 2 is 1.88 bits per heavy atom. The molecule has 1 amide bonds. The quantitative estimate of drug-likeness (QED) is 0.770. The van der Waals surface area contributed by atoms with Crippen molar-refractivity contribution in [2.75, 3.05) is 6.54 Å². The van der Waals surface area contributed by atoms with Crippen LogP contribution in [0.5, 0.6) is 0 Å². The van der Waals surface area contributed by atoms with Crippen LogP contribution in [0.4, 0.5) is 0 Å². The smallest absolute Gasteiger partial charge is 0.223 e. The van der Waals surface area contributed by atoms with E-state index in [-0.39, 0.29) is 17.9 Å². The third-order valence-electron chi connectivity index (χ3n) is 4.53. The predicted molar refractivity (Wildman–Crippen MR) is 69.4 cm³/mol. The molecule has 0 saturated heterocycles. The molecule has 2 aliphatic carbocycles. The lowest BCUT2D eigenvalue weighted by atomic mass is 9.80. The highest BCUT2D eigenvalue weighted by molar-refractivity contribution is 5.78. The molecule has 0 bridgehead atoms. The van der Waals surface area contributed by atoms with Crippen LogP contribution in [0.15, 0.2) is 0 Å². The maximum absolute atomic E-state index is 12.0. The lowest BCUT2D eigenvalue weighted by molar-refractivity contribution is -0.126. The van der Waals surface area contributed by atoms with Crippen molar-refractivity contribution in [3.63, 3.8) is 0 Å². The van der Waals surface area contributed by atoms with E-state index in [1.807, 2.05) is 0 Å². The van der Waals surface area contributed by atoms with Crippen LogP contribution in [0.2, 0.25) is 0 Å². The second-order valence-electron chi connectivity index (χ2n) is 5.87. The molecule has 2 fully saturated rings. The van der Waals surface area contributed by atoms with E-state index in [0.29, 0.717) is 12.5 Å². The van der Waals surface area contributed by atoms with E-state index in [9.17, 15) is 4.79 Å². The lowest BCUT2D eigenvalue weighted by Gasteiger charge is -2.27. The minimum absolute atomic E-state index is 0.186. The van der Waals surface area contributed by atoms with Gasteiger partial charge in [0, 0.05) is 18.5 Å². The molecule has 0 aliphatic heterocycles. The van der Waals surface area contributed by atoms with Gasteiger partial charge in [-0.05, 0) is 50.4 Å². The van der Waals surface area contributed by atoms with E-state index >= 15 is 0 Å². The Morgan fingerprint density at radius 1 is 1.24 bits per heavy atom. The summed E-state index contributed by atoms with van der Waals surface area (Å²) < 4.78 is 0. The normalized spacial score (nSPS) is 30.9. The molecule has 0 spiro atoms. The van der Waals surface area contributed by atoms with Gasteiger partial charge >= 0.3 is 0 Å². The Bertz CT molecular complexity index is 255. The monoisotopic (exact) mass is 238 g/mol. The fraction of sp³-hybridized carbons (Fsp3) is 0.929. The van der Waals surface area contributed by atoms with Gasteiger partial charge in [-0.25, -0.2) is 0 Å². The highest BCUT2D eigenvalue weighted by atomic mass is 16.1. The van der Waals surface area contributed by atoms with Crippen molar-refractivity contribution in [3.8, 4) is 0 Å². The Balaban J connectivity index is 1.65. The summed E-state index contributed by atoms with van der Waals surface area (Å²) in [6.45, 7) is 2.93. The van der Waals surface area contributed by atoms with Crippen LogP contribution in [0, 0.1) is 17.8 Å². The van der Waals surface area contributed by atoms with Crippen molar-refractivity contribution in [2.24, 2.45) is 23.5 Å². The van der Waals surface area contributed by atoms with Gasteiger partial charge < -0.3 is 11.1 Å². The summed E-state index contributed by atoms with van der Waals surface area (Å²) in [5.74, 6) is 2.03. The van der Waals surface area contributed by atoms with Gasteiger partial charge in [-0.1, -0.05) is 13.3 Å². The van der Waals surface area contributed by atoms with Crippen molar-refractivity contribution in [1.82, 2.24) is 5.32 Å². The first-order valence-electron chi connectivity index (χ1n) is 7.24. The van der Waals surface area contributed by atoms with Gasteiger partial charge in [0.25, 0.3) is 0 Å². The lowest BCUT2D eigenvalue weighted by Crippen LogP contribution is -2.41. The number of carbonyl (C=O) groups excluding carboxylic acids is 1. The van der Waals surface area contributed by atoms with Crippen molar-refractivity contribution in [3.05, 3.63) is 0 Å². The molecular weight excluding hydrogens is 212 g/mol. The molecule has 2 aliphatic rings. The standard InChI is InChI=1S/C14H26N2O/c1-2-10-3-5-12(6-4-10)14(17)16-9-13(15)11-7-8-11/h10-13H,2-9,15H2,1H3,(H,16,17). The minimum Gasteiger partial charge on any atom is -0.354 e. The third-order valence-corrected chi connectivity index (χ3v) is 4.53. The molecule has 3 heteroatoms. The zero-order valence-electron chi connectivity index (χ0n) is 11.0. The molecule has 1 unspecified atom stereocenters. The zero-order chi connectivity index (χ0) is 12.3. The largest absolute Gasteiger partial charge is 0.354 e. The Hall–Kier alpha value is -0.570. The van der Waals surface area contributed by atoms with Gasteiger partial charge in [0.2, 0.25) is 5.91 Å². The van der Waals surface area contributed by atoms with Crippen LogP contribution in [-0.2, 0) is 4.79 Å². The number of rotatable bonds is 5. The molecule has 0 aromatic heterocycles. The van der Waals surface area contributed by atoms with Crippen molar-refractivity contribution < 1.29 is 4.79 Å². The number of amides is 1. The molecule has 2 rings (SSSR count). The van der Waals surface area contributed by atoms with Crippen molar-refractivity contribution in [2.45, 2.75) is 57.9 Å². The van der Waals surface area contributed by atoms with Crippen LogP contribution in [0.3, 0.4) is 0 Å². The molecule has 0 aromatic rings. The van der Waals surface area contributed by atoms with Gasteiger partial charge in [0.1, 0.15) is 0 Å². The molecule has 98 valence electrons. The van der Waals surface area contributed by atoms with Crippen molar-refractivity contribution >= 4 is 5.91 Å². The third kappa shape index (κ3) is 3.70. The fourth-order valence-electron chi connectivity index (χ4n) is 2.89. The fourth-order valence-corrected chi connectivity index (χ4v) is 2.89. The first-order valence-corrected chi connectivity index (χ1v) is 7.24. The molecule has 1 atom stereocenters. The van der Waals surface area contributed by atoms with Gasteiger partial charge in [-0.2, -0.15) is 0 Å². The highest BCUT2D eigenvalue weighted by Crippen LogP contribution is 2.32. The molecule has 17 heavy (non-hydrogen) atoms. The summed E-state index contributed by atoms with van der Waals surface area (Å²) in [6.07, 6.45) is 8.36. The van der Waals surface area contributed by atoms with Gasteiger partial charge in [-0.3, -0.25) is 4.79 Å². The highest BCUT2D eigenvalue weighted by Gasteiger charge is 2.30. The van der Waals surface area contributed by atoms with Gasteiger partial charge in [0.05, 0.1) is 0 Å². The Kier molecular flexibility index (Phi) is 4.43. The SMILES string of the molecule is CCC1CCC(C(=O)NCC(N)C2CC2)CC1. The number of nitrogens with one attached hydrogen (secondary N) is 1. The molecule has 2 saturated carbocycles. The van der Waals surface area contributed by atoms with E-state index in [0.717, 1.165) is 18.8 Å². The van der Waals surface area contributed by atoms with E-state index < -0.39 is 0 Å². The van der Waals surface area contributed by atoms with E-state index in [1.165, 1.54) is 32.1 Å². The van der Waals surface area contributed by atoms with Crippen LogP contribution >= 0.6 is 0 Å². The summed E-state index contributed by atoms with van der Waals surface area (Å²) >= 11 is 0. The summed E-state index contributed by atoms with van der Waals surface area (Å²) in [5, 5.41) is 3.04. The molecular formula is C14H26N2O.